The predicted molar refractivity (Wildman–Crippen MR) is 114 cm³/mol. The van der Waals surface area contributed by atoms with Gasteiger partial charge in [0.1, 0.15) is 11.3 Å². The lowest BCUT2D eigenvalue weighted by Crippen LogP contribution is -2.24. The van der Waals surface area contributed by atoms with Gasteiger partial charge in [0, 0.05) is 16.8 Å². The fourth-order valence-corrected chi connectivity index (χ4v) is 2.77. The Kier molecular flexibility index (Phi) is 5.98. The van der Waals surface area contributed by atoms with Gasteiger partial charge in [0.15, 0.2) is 5.11 Å². The smallest absolute Gasteiger partial charge is 0.339 e. The highest BCUT2D eigenvalue weighted by atomic mass is 32.1. The van der Waals surface area contributed by atoms with E-state index >= 15 is 0 Å². The number of thiocarbonyl (C=S) groups is 1. The van der Waals surface area contributed by atoms with Crippen LogP contribution < -0.4 is 10.7 Å². The van der Waals surface area contributed by atoms with Gasteiger partial charge >= 0.3 is 5.97 Å². The molecule has 6 nitrogen and oxygen atoms in total. The second kappa shape index (κ2) is 8.79. The molecule has 0 fully saturated rings. The first-order valence-electron chi connectivity index (χ1n) is 8.36. The Morgan fingerprint density at radius 3 is 2.43 bits per heavy atom. The number of carboxylic acids is 1. The number of para-hydroxylation sites is 2. The standard InChI is InChI=1S/C21H17N3O3S/c25-19-15(9-6-11-17(19)20(26)27)13-22-24-21(28)23-18-12-5-4-10-16(18)14-7-2-1-3-8-14/h1-13,25H,(H,26,27)(H2,23,24,28). The van der Waals surface area contributed by atoms with Crippen molar-refractivity contribution < 1.29 is 15.0 Å². The fraction of sp³-hybridized carbons (Fsp3) is 0. The van der Waals surface area contributed by atoms with E-state index in [0.29, 0.717) is 0 Å². The molecule has 0 atom stereocenters. The Labute approximate surface area is 167 Å². The zero-order valence-corrected chi connectivity index (χ0v) is 15.5. The molecule has 0 saturated carbocycles. The SMILES string of the molecule is O=C(O)c1cccc(C=NNC(=S)Nc2ccccc2-c2ccccc2)c1O. The van der Waals surface area contributed by atoms with Crippen molar-refractivity contribution in [3.8, 4) is 16.9 Å². The monoisotopic (exact) mass is 391 g/mol. The van der Waals surface area contributed by atoms with Crippen LogP contribution in [-0.2, 0) is 0 Å². The number of phenols is 1. The third-order valence-corrected chi connectivity index (χ3v) is 4.12. The van der Waals surface area contributed by atoms with Gasteiger partial charge < -0.3 is 15.5 Å². The first-order valence-corrected chi connectivity index (χ1v) is 8.77. The molecule has 0 heterocycles. The van der Waals surface area contributed by atoms with Crippen LogP contribution in [0.4, 0.5) is 5.69 Å². The molecule has 3 rings (SSSR count). The van der Waals surface area contributed by atoms with Crippen LogP contribution in [-0.4, -0.2) is 27.5 Å². The van der Waals surface area contributed by atoms with Crippen molar-refractivity contribution in [1.82, 2.24) is 5.43 Å². The Bertz CT molecular complexity index is 1040. The number of nitrogens with zero attached hydrogens (tertiary/aromatic N) is 1. The van der Waals surface area contributed by atoms with Crippen LogP contribution in [0.1, 0.15) is 15.9 Å². The maximum absolute atomic E-state index is 11.1. The molecule has 4 N–H and O–H groups in total. The lowest BCUT2D eigenvalue weighted by atomic mass is 10.0. The van der Waals surface area contributed by atoms with Gasteiger partial charge in [0.25, 0.3) is 0 Å². The van der Waals surface area contributed by atoms with Gasteiger partial charge in [-0.05, 0) is 36.0 Å². The number of rotatable bonds is 5. The minimum absolute atomic E-state index is 0.193. The molecule has 140 valence electrons. The first-order chi connectivity index (χ1) is 13.6. The highest BCUT2D eigenvalue weighted by Gasteiger charge is 2.11. The summed E-state index contributed by atoms with van der Waals surface area (Å²) < 4.78 is 0. The van der Waals surface area contributed by atoms with Crippen LogP contribution in [0.5, 0.6) is 5.75 Å². The molecule has 0 saturated heterocycles. The number of anilines is 1. The maximum Gasteiger partial charge on any atom is 0.339 e. The van der Waals surface area contributed by atoms with Crippen molar-refractivity contribution >= 4 is 35.2 Å². The highest BCUT2D eigenvalue weighted by Crippen LogP contribution is 2.27. The molecular formula is C21H17N3O3S. The summed E-state index contributed by atoms with van der Waals surface area (Å²) in [6, 6.07) is 22.0. The van der Waals surface area contributed by atoms with E-state index in [1.54, 1.807) is 6.07 Å². The van der Waals surface area contributed by atoms with Crippen molar-refractivity contribution in [1.29, 1.82) is 0 Å². The third-order valence-electron chi connectivity index (χ3n) is 3.93. The summed E-state index contributed by atoms with van der Waals surface area (Å²) in [5.74, 6) is -1.57. The number of carboxylic acid groups (broad SMARTS) is 1. The third kappa shape index (κ3) is 4.52. The summed E-state index contributed by atoms with van der Waals surface area (Å²) in [6.07, 6.45) is 1.30. The number of aromatic hydroxyl groups is 1. The Morgan fingerprint density at radius 1 is 0.964 bits per heavy atom. The zero-order valence-electron chi connectivity index (χ0n) is 14.7. The molecule has 0 aliphatic rings. The highest BCUT2D eigenvalue weighted by molar-refractivity contribution is 7.80. The minimum atomic E-state index is -1.21. The molecule has 3 aromatic carbocycles. The largest absolute Gasteiger partial charge is 0.506 e. The molecule has 0 amide bonds. The van der Waals surface area contributed by atoms with E-state index in [9.17, 15) is 9.90 Å². The number of hydrogen-bond acceptors (Lipinski definition) is 4. The van der Waals surface area contributed by atoms with E-state index in [2.05, 4.69) is 15.8 Å². The second-order valence-electron chi connectivity index (χ2n) is 5.78. The van der Waals surface area contributed by atoms with Crippen LogP contribution in [0.2, 0.25) is 0 Å². The molecule has 0 bridgehead atoms. The van der Waals surface area contributed by atoms with E-state index in [1.165, 1.54) is 18.3 Å². The molecule has 0 aliphatic carbocycles. The van der Waals surface area contributed by atoms with Crippen LogP contribution in [0.3, 0.4) is 0 Å². The second-order valence-corrected chi connectivity index (χ2v) is 6.19. The van der Waals surface area contributed by atoms with Gasteiger partial charge in [-0.3, -0.25) is 5.43 Å². The molecule has 0 radical (unpaired) electrons. The molecule has 0 aromatic heterocycles. The topological polar surface area (TPSA) is 94.0 Å². The predicted octanol–water partition coefficient (Wildman–Crippen LogP) is 4.08. The molecule has 3 aromatic rings. The zero-order chi connectivity index (χ0) is 19.9. The number of aromatic carboxylic acids is 1. The number of hydrazone groups is 1. The van der Waals surface area contributed by atoms with Crippen molar-refractivity contribution in [2.45, 2.75) is 0 Å². The molecule has 0 unspecified atom stereocenters. The van der Waals surface area contributed by atoms with E-state index in [0.717, 1.165) is 16.8 Å². The molecule has 28 heavy (non-hydrogen) atoms. The van der Waals surface area contributed by atoms with Gasteiger partial charge in [-0.15, -0.1) is 0 Å². The average Bonchev–Trinajstić information content (AvgIpc) is 2.70. The number of hydrogen-bond donors (Lipinski definition) is 4. The summed E-state index contributed by atoms with van der Waals surface area (Å²) in [7, 11) is 0. The van der Waals surface area contributed by atoms with Crippen LogP contribution in [0.25, 0.3) is 11.1 Å². The van der Waals surface area contributed by atoms with E-state index < -0.39 is 5.97 Å². The van der Waals surface area contributed by atoms with E-state index in [-0.39, 0.29) is 22.0 Å². The minimum Gasteiger partial charge on any atom is -0.506 e. The van der Waals surface area contributed by atoms with Crippen molar-refractivity contribution in [3.05, 3.63) is 83.9 Å². The van der Waals surface area contributed by atoms with Gasteiger partial charge in [0.05, 0.1) is 6.21 Å². The van der Waals surface area contributed by atoms with E-state index in [4.69, 9.17) is 17.3 Å². The van der Waals surface area contributed by atoms with Gasteiger partial charge in [-0.1, -0.05) is 54.6 Å². The van der Waals surface area contributed by atoms with Crippen LogP contribution >= 0.6 is 12.2 Å². The first kappa shape index (κ1) is 19.1. The van der Waals surface area contributed by atoms with Gasteiger partial charge in [-0.25, -0.2) is 4.79 Å². The normalized spacial score (nSPS) is 10.6. The summed E-state index contributed by atoms with van der Waals surface area (Å²) in [6.45, 7) is 0. The summed E-state index contributed by atoms with van der Waals surface area (Å²) in [5.41, 5.74) is 5.59. The quantitative estimate of drug-likeness (QED) is 0.297. The summed E-state index contributed by atoms with van der Waals surface area (Å²) in [5, 5.41) is 26.3. The molecule has 0 spiro atoms. The van der Waals surface area contributed by atoms with Crippen molar-refractivity contribution in [2.75, 3.05) is 5.32 Å². The number of carbonyl (C=O) groups is 1. The molecule has 7 heteroatoms. The molecule has 0 aliphatic heterocycles. The van der Waals surface area contributed by atoms with Gasteiger partial charge in [-0.2, -0.15) is 5.10 Å². The van der Waals surface area contributed by atoms with Crippen LogP contribution in [0.15, 0.2) is 77.9 Å². The summed E-state index contributed by atoms with van der Waals surface area (Å²) in [4.78, 5) is 11.1. The maximum atomic E-state index is 11.1. The lowest BCUT2D eigenvalue weighted by molar-refractivity contribution is 0.0693. The average molecular weight is 391 g/mol. The van der Waals surface area contributed by atoms with Crippen LogP contribution in [0, 0.1) is 0 Å². The van der Waals surface area contributed by atoms with Crippen molar-refractivity contribution in [3.63, 3.8) is 0 Å². The fourth-order valence-electron chi connectivity index (χ4n) is 2.61. The Hall–Kier alpha value is -3.71. The summed E-state index contributed by atoms with van der Waals surface area (Å²) >= 11 is 5.27. The van der Waals surface area contributed by atoms with Gasteiger partial charge in [0.2, 0.25) is 0 Å². The Morgan fingerprint density at radius 2 is 1.68 bits per heavy atom. The number of nitrogens with one attached hydrogen (secondary N) is 2. The number of benzene rings is 3. The Balaban J connectivity index is 1.70. The molecular weight excluding hydrogens is 374 g/mol. The van der Waals surface area contributed by atoms with E-state index in [1.807, 2.05) is 54.6 Å². The van der Waals surface area contributed by atoms with Crippen molar-refractivity contribution in [2.24, 2.45) is 5.10 Å². The lowest BCUT2D eigenvalue weighted by Gasteiger charge is -2.12.